The van der Waals surface area contributed by atoms with E-state index in [0.717, 1.165) is 0 Å². The molecule has 6 N–H and O–H groups in total. The molecule has 0 unspecified atom stereocenters. The number of carbonyl (C=O) groups is 1. The number of hydrogen-bond acceptors (Lipinski definition) is 7. The number of Topliss-reactive ketones (excluding diaryl/α,β-unsaturated/α-hetero) is 1. The number of aliphatic hydroxyl groups excluding tert-OH is 5. The van der Waals surface area contributed by atoms with E-state index in [-0.39, 0.29) is 0 Å². The smallest absolute Gasteiger partial charge is 0.219 e. The lowest BCUT2D eigenvalue weighted by molar-refractivity contribution is -0.165. The van der Waals surface area contributed by atoms with Crippen LogP contribution < -0.4 is 0 Å². The summed E-state index contributed by atoms with van der Waals surface area (Å²) < 4.78 is 0. The van der Waals surface area contributed by atoms with Gasteiger partial charge < -0.3 is 30.6 Å². The largest absolute Gasteiger partial charge is 0.394 e. The molecule has 13 heavy (non-hydrogen) atoms. The highest BCUT2D eigenvalue weighted by Crippen LogP contribution is 2.02. The van der Waals surface area contributed by atoms with Gasteiger partial charge in [0.1, 0.15) is 18.3 Å². The Labute approximate surface area is 73.5 Å². The zero-order chi connectivity index (χ0) is 10.6. The van der Waals surface area contributed by atoms with Crippen LogP contribution in [0.25, 0.3) is 0 Å². The molecule has 0 aromatic rings. The van der Waals surface area contributed by atoms with Crippen LogP contribution in [0.5, 0.6) is 0 Å². The molecule has 0 saturated heterocycles. The van der Waals surface area contributed by atoms with E-state index >= 15 is 0 Å². The first-order valence-electron chi connectivity index (χ1n) is 3.46. The standard InChI is InChI=1S/C6H12O7/c7-1-2(8)3(9)4(10)5(11)6(12)13/h2-4,6-10,12-13H,1H2/t2-,3+,4+/m1/s1. The predicted octanol–water partition coefficient (Wildman–Crippen LogP) is -4.06. The number of aliphatic hydroxyl groups is 6. The van der Waals surface area contributed by atoms with Gasteiger partial charge in [-0.25, -0.2) is 0 Å². The fraction of sp³-hybridized carbons (Fsp3) is 0.833. The van der Waals surface area contributed by atoms with E-state index in [9.17, 15) is 4.79 Å². The third-order valence-corrected chi connectivity index (χ3v) is 1.45. The Bertz CT molecular complexity index is 168. The zero-order valence-corrected chi connectivity index (χ0v) is 6.61. The van der Waals surface area contributed by atoms with Crippen LogP contribution in [-0.4, -0.2) is 67.6 Å². The summed E-state index contributed by atoms with van der Waals surface area (Å²) in [4.78, 5) is 10.6. The predicted molar refractivity (Wildman–Crippen MR) is 38.3 cm³/mol. The fourth-order valence-electron chi connectivity index (χ4n) is 0.639. The lowest BCUT2D eigenvalue weighted by Crippen LogP contribution is -2.47. The van der Waals surface area contributed by atoms with Crippen LogP contribution in [0.1, 0.15) is 0 Å². The molecular formula is C6H12O7. The van der Waals surface area contributed by atoms with E-state index in [0.29, 0.717) is 0 Å². The molecule has 0 aliphatic carbocycles. The zero-order valence-electron chi connectivity index (χ0n) is 6.61. The van der Waals surface area contributed by atoms with Gasteiger partial charge in [-0.15, -0.1) is 0 Å². The SMILES string of the molecule is O=C(C(O)O)[C@@H](O)[C@@H](O)[C@H](O)CO. The van der Waals surface area contributed by atoms with Gasteiger partial charge in [0.05, 0.1) is 6.61 Å². The van der Waals surface area contributed by atoms with E-state index in [1.807, 2.05) is 0 Å². The summed E-state index contributed by atoms with van der Waals surface area (Å²) in [5, 5.41) is 51.4. The number of carbonyl (C=O) groups excluding carboxylic acids is 1. The first kappa shape index (κ1) is 12.4. The molecular weight excluding hydrogens is 184 g/mol. The molecule has 0 fully saturated rings. The van der Waals surface area contributed by atoms with Crippen molar-refractivity contribution in [1.29, 1.82) is 0 Å². The topological polar surface area (TPSA) is 138 Å². The van der Waals surface area contributed by atoms with Crippen LogP contribution in [0.2, 0.25) is 0 Å². The summed E-state index contributed by atoms with van der Waals surface area (Å²) in [5.41, 5.74) is 0. The Morgan fingerprint density at radius 1 is 1.08 bits per heavy atom. The summed E-state index contributed by atoms with van der Waals surface area (Å²) in [7, 11) is 0. The molecule has 7 nitrogen and oxygen atoms in total. The monoisotopic (exact) mass is 196 g/mol. The van der Waals surface area contributed by atoms with Crippen LogP contribution in [0.15, 0.2) is 0 Å². The highest BCUT2D eigenvalue weighted by Gasteiger charge is 2.32. The lowest BCUT2D eigenvalue weighted by atomic mass is 10.0. The van der Waals surface area contributed by atoms with Gasteiger partial charge in [-0.2, -0.15) is 0 Å². The maximum absolute atomic E-state index is 10.6. The summed E-state index contributed by atoms with van der Waals surface area (Å²) in [5.74, 6) is -1.44. The molecule has 3 atom stereocenters. The molecule has 0 amide bonds. The van der Waals surface area contributed by atoms with Crippen molar-refractivity contribution in [3.05, 3.63) is 0 Å². The fourth-order valence-corrected chi connectivity index (χ4v) is 0.639. The van der Waals surface area contributed by atoms with E-state index < -0.39 is 37.0 Å². The first-order chi connectivity index (χ1) is 5.91. The third-order valence-electron chi connectivity index (χ3n) is 1.45. The van der Waals surface area contributed by atoms with E-state index in [1.165, 1.54) is 0 Å². The maximum Gasteiger partial charge on any atom is 0.219 e. The van der Waals surface area contributed by atoms with Gasteiger partial charge in [0.15, 0.2) is 0 Å². The van der Waals surface area contributed by atoms with Crippen molar-refractivity contribution in [3.8, 4) is 0 Å². The first-order valence-corrected chi connectivity index (χ1v) is 3.46. The van der Waals surface area contributed by atoms with Crippen LogP contribution in [-0.2, 0) is 4.79 Å². The quantitative estimate of drug-likeness (QED) is 0.246. The van der Waals surface area contributed by atoms with E-state index in [2.05, 4.69) is 0 Å². The summed E-state index contributed by atoms with van der Waals surface area (Å²) in [6, 6.07) is 0. The second-order valence-electron chi connectivity index (χ2n) is 2.46. The van der Waals surface area contributed by atoms with E-state index in [4.69, 9.17) is 30.6 Å². The number of ketones is 1. The number of rotatable bonds is 5. The molecule has 0 aromatic heterocycles. The third kappa shape index (κ3) is 3.35. The molecule has 0 aromatic carbocycles. The van der Waals surface area contributed by atoms with Crippen molar-refractivity contribution < 1.29 is 35.4 Å². The molecule has 0 radical (unpaired) electrons. The molecule has 0 spiro atoms. The van der Waals surface area contributed by atoms with Gasteiger partial charge in [-0.1, -0.05) is 0 Å². The average Bonchev–Trinajstić information content (AvgIpc) is 2.12. The van der Waals surface area contributed by atoms with Gasteiger partial charge in [0.25, 0.3) is 0 Å². The van der Waals surface area contributed by atoms with Crippen molar-refractivity contribution in [2.24, 2.45) is 0 Å². The molecule has 78 valence electrons. The summed E-state index contributed by atoms with van der Waals surface area (Å²) in [6.45, 7) is -0.854. The Morgan fingerprint density at radius 2 is 1.54 bits per heavy atom. The van der Waals surface area contributed by atoms with Crippen LogP contribution in [0, 0.1) is 0 Å². The minimum atomic E-state index is -2.42. The van der Waals surface area contributed by atoms with Crippen molar-refractivity contribution >= 4 is 5.78 Å². The highest BCUT2D eigenvalue weighted by molar-refractivity contribution is 5.86. The molecule has 0 saturated carbocycles. The Balaban J connectivity index is 4.24. The summed E-state index contributed by atoms with van der Waals surface area (Å²) >= 11 is 0. The van der Waals surface area contributed by atoms with E-state index in [1.54, 1.807) is 0 Å². The Kier molecular flexibility index (Phi) is 4.99. The molecule has 0 aliphatic rings. The van der Waals surface area contributed by atoms with Gasteiger partial charge in [0, 0.05) is 0 Å². The second kappa shape index (κ2) is 5.22. The van der Waals surface area contributed by atoms with Gasteiger partial charge in [-0.3, -0.25) is 4.79 Å². The van der Waals surface area contributed by atoms with Gasteiger partial charge in [-0.05, 0) is 0 Å². The van der Waals surface area contributed by atoms with Crippen molar-refractivity contribution in [3.63, 3.8) is 0 Å². The lowest BCUT2D eigenvalue weighted by Gasteiger charge is -2.20. The van der Waals surface area contributed by atoms with Crippen molar-refractivity contribution in [2.45, 2.75) is 24.6 Å². The summed E-state index contributed by atoms with van der Waals surface area (Å²) in [6.07, 6.45) is -8.21. The van der Waals surface area contributed by atoms with Crippen LogP contribution in [0.3, 0.4) is 0 Å². The Hall–Kier alpha value is -0.570. The maximum atomic E-state index is 10.6. The average molecular weight is 196 g/mol. The molecule has 0 rings (SSSR count). The van der Waals surface area contributed by atoms with Crippen LogP contribution >= 0.6 is 0 Å². The normalized spacial score (nSPS) is 18.4. The molecule has 0 heterocycles. The minimum absolute atomic E-state index is 0.854. The van der Waals surface area contributed by atoms with Gasteiger partial charge >= 0.3 is 0 Å². The Morgan fingerprint density at radius 3 is 1.85 bits per heavy atom. The number of hydrogen-bond donors (Lipinski definition) is 6. The molecule has 7 heteroatoms. The highest BCUT2D eigenvalue weighted by atomic mass is 16.5. The minimum Gasteiger partial charge on any atom is -0.394 e. The van der Waals surface area contributed by atoms with Gasteiger partial charge in [0.2, 0.25) is 12.1 Å². The van der Waals surface area contributed by atoms with Crippen molar-refractivity contribution in [1.82, 2.24) is 0 Å². The second-order valence-corrected chi connectivity index (χ2v) is 2.46. The molecule has 0 bridgehead atoms. The van der Waals surface area contributed by atoms with Crippen molar-refractivity contribution in [2.75, 3.05) is 6.61 Å². The van der Waals surface area contributed by atoms with Crippen LogP contribution in [0.4, 0.5) is 0 Å². The molecule has 0 aliphatic heterocycles.